The lowest BCUT2D eigenvalue weighted by Crippen LogP contribution is -1.83. The fourth-order valence-corrected chi connectivity index (χ4v) is 1.59. The number of nitrogens with zero attached hydrogens (tertiary/aromatic N) is 2. The van der Waals surface area contributed by atoms with Crippen molar-refractivity contribution in [2.24, 2.45) is 10.2 Å². The molecule has 4 heteroatoms. The lowest BCUT2D eigenvalue weighted by atomic mass is 10.2. The number of aliphatic hydroxyl groups is 2. The van der Waals surface area contributed by atoms with Crippen LogP contribution < -0.4 is 0 Å². The molecule has 2 aromatic carbocycles. The van der Waals surface area contributed by atoms with Crippen LogP contribution in [0, 0.1) is 0 Å². The highest BCUT2D eigenvalue weighted by atomic mass is 16.3. The highest BCUT2D eigenvalue weighted by molar-refractivity contribution is 5.48. The first-order valence-corrected chi connectivity index (χ1v) is 5.64. The van der Waals surface area contributed by atoms with Gasteiger partial charge in [0.15, 0.2) is 0 Å². The van der Waals surface area contributed by atoms with Gasteiger partial charge >= 0.3 is 0 Å². The highest BCUT2D eigenvalue weighted by Gasteiger charge is 2.00. The molecule has 0 radical (unpaired) electrons. The van der Waals surface area contributed by atoms with Gasteiger partial charge in [-0.2, -0.15) is 10.2 Å². The smallest absolute Gasteiger partial charge is 0.0912 e. The molecule has 0 spiro atoms. The summed E-state index contributed by atoms with van der Waals surface area (Å²) >= 11 is 0. The van der Waals surface area contributed by atoms with Gasteiger partial charge in [-0.05, 0) is 12.1 Å². The molecule has 0 heterocycles. The molecule has 0 unspecified atom stereocenters. The molecule has 0 fully saturated rings. The predicted octanol–water partition coefficient (Wildman–Crippen LogP) is 3.09. The summed E-state index contributed by atoms with van der Waals surface area (Å²) in [6.07, 6.45) is 0. The second-order valence-corrected chi connectivity index (χ2v) is 3.77. The van der Waals surface area contributed by atoms with Crippen molar-refractivity contribution < 1.29 is 10.2 Å². The zero-order chi connectivity index (χ0) is 12.8. The van der Waals surface area contributed by atoms with Crippen LogP contribution in [-0.4, -0.2) is 10.2 Å². The quantitative estimate of drug-likeness (QED) is 0.809. The van der Waals surface area contributed by atoms with Gasteiger partial charge in [-0.1, -0.05) is 36.4 Å². The number of rotatable bonds is 4. The lowest BCUT2D eigenvalue weighted by Gasteiger charge is -2.02. The minimum atomic E-state index is -0.0726. The Morgan fingerprint density at radius 3 is 1.44 bits per heavy atom. The average molecular weight is 242 g/mol. The summed E-state index contributed by atoms with van der Waals surface area (Å²) in [6.45, 7) is -0.145. The summed E-state index contributed by atoms with van der Waals surface area (Å²) < 4.78 is 0. The molecule has 0 aliphatic carbocycles. The SMILES string of the molecule is OCc1ccccc1N=Nc1ccccc1CO. The Labute approximate surface area is 105 Å². The van der Waals surface area contributed by atoms with Crippen molar-refractivity contribution in [2.75, 3.05) is 0 Å². The molecule has 2 aromatic rings. The first-order valence-electron chi connectivity index (χ1n) is 5.64. The van der Waals surface area contributed by atoms with Crippen LogP contribution >= 0.6 is 0 Å². The molecule has 0 bridgehead atoms. The van der Waals surface area contributed by atoms with E-state index in [1.165, 1.54) is 0 Å². The van der Waals surface area contributed by atoms with Crippen molar-refractivity contribution in [3.63, 3.8) is 0 Å². The van der Waals surface area contributed by atoms with E-state index in [9.17, 15) is 10.2 Å². The van der Waals surface area contributed by atoms with Crippen molar-refractivity contribution in [1.29, 1.82) is 0 Å². The minimum absolute atomic E-state index is 0.0726. The Morgan fingerprint density at radius 1 is 0.667 bits per heavy atom. The van der Waals surface area contributed by atoms with Gasteiger partial charge in [-0.25, -0.2) is 0 Å². The van der Waals surface area contributed by atoms with E-state index >= 15 is 0 Å². The van der Waals surface area contributed by atoms with E-state index in [-0.39, 0.29) is 13.2 Å². The molecule has 0 saturated heterocycles. The molecular formula is C14H14N2O2. The summed E-state index contributed by atoms with van der Waals surface area (Å²) in [4.78, 5) is 0. The van der Waals surface area contributed by atoms with Crippen LogP contribution in [-0.2, 0) is 13.2 Å². The maximum absolute atomic E-state index is 9.17. The Balaban J connectivity index is 2.30. The van der Waals surface area contributed by atoms with Gasteiger partial charge in [0.05, 0.1) is 24.6 Å². The third kappa shape index (κ3) is 2.80. The number of benzene rings is 2. The molecule has 0 aliphatic rings. The van der Waals surface area contributed by atoms with E-state index in [0.717, 1.165) is 11.1 Å². The van der Waals surface area contributed by atoms with Crippen molar-refractivity contribution in [2.45, 2.75) is 13.2 Å². The monoisotopic (exact) mass is 242 g/mol. The van der Waals surface area contributed by atoms with E-state index in [1.807, 2.05) is 24.3 Å². The van der Waals surface area contributed by atoms with Crippen molar-refractivity contribution in [3.8, 4) is 0 Å². The zero-order valence-electron chi connectivity index (χ0n) is 9.82. The maximum Gasteiger partial charge on any atom is 0.0912 e. The van der Waals surface area contributed by atoms with Gasteiger partial charge in [0, 0.05) is 11.1 Å². The highest BCUT2D eigenvalue weighted by Crippen LogP contribution is 2.24. The Morgan fingerprint density at radius 2 is 1.06 bits per heavy atom. The van der Waals surface area contributed by atoms with Crippen LogP contribution in [0.4, 0.5) is 11.4 Å². The normalized spacial score (nSPS) is 11.0. The molecule has 18 heavy (non-hydrogen) atoms. The standard InChI is InChI=1S/C14H14N2O2/c17-9-11-5-1-3-7-13(11)15-16-14-8-4-2-6-12(14)10-18/h1-8,17-18H,9-10H2. The van der Waals surface area contributed by atoms with Crippen LogP contribution in [0.1, 0.15) is 11.1 Å². The van der Waals surface area contributed by atoms with E-state index < -0.39 is 0 Å². The third-order valence-corrected chi connectivity index (χ3v) is 2.59. The fraction of sp³-hybridized carbons (Fsp3) is 0.143. The Hall–Kier alpha value is -2.04. The van der Waals surface area contributed by atoms with E-state index in [0.29, 0.717) is 11.4 Å². The Kier molecular flexibility index (Phi) is 4.17. The van der Waals surface area contributed by atoms with Crippen molar-refractivity contribution in [3.05, 3.63) is 59.7 Å². The number of aliphatic hydroxyl groups excluding tert-OH is 2. The average Bonchev–Trinajstić information content (AvgIpc) is 2.45. The van der Waals surface area contributed by atoms with Gasteiger partial charge in [0.2, 0.25) is 0 Å². The van der Waals surface area contributed by atoms with E-state index in [2.05, 4.69) is 10.2 Å². The van der Waals surface area contributed by atoms with Crippen LogP contribution in [0.15, 0.2) is 58.8 Å². The summed E-state index contributed by atoms with van der Waals surface area (Å²) in [5.41, 5.74) is 2.71. The molecule has 0 aromatic heterocycles. The van der Waals surface area contributed by atoms with Crippen LogP contribution in [0.5, 0.6) is 0 Å². The van der Waals surface area contributed by atoms with E-state index in [4.69, 9.17) is 0 Å². The molecule has 2 N–H and O–H groups in total. The number of hydrogen-bond donors (Lipinski definition) is 2. The molecule has 0 saturated carbocycles. The first-order chi connectivity index (χ1) is 8.85. The second-order valence-electron chi connectivity index (χ2n) is 3.77. The molecule has 0 amide bonds. The molecule has 2 rings (SSSR count). The summed E-state index contributed by atoms with van der Waals surface area (Å²) in [7, 11) is 0. The van der Waals surface area contributed by atoms with E-state index in [1.54, 1.807) is 24.3 Å². The fourth-order valence-electron chi connectivity index (χ4n) is 1.59. The number of azo groups is 1. The van der Waals surface area contributed by atoms with Crippen LogP contribution in [0.25, 0.3) is 0 Å². The maximum atomic E-state index is 9.17. The summed E-state index contributed by atoms with van der Waals surface area (Å²) in [5, 5.41) is 26.6. The molecule has 92 valence electrons. The first kappa shape index (κ1) is 12.4. The largest absolute Gasteiger partial charge is 0.392 e. The lowest BCUT2D eigenvalue weighted by molar-refractivity contribution is 0.281. The zero-order valence-corrected chi connectivity index (χ0v) is 9.82. The number of hydrogen-bond acceptors (Lipinski definition) is 4. The third-order valence-electron chi connectivity index (χ3n) is 2.59. The van der Waals surface area contributed by atoms with Gasteiger partial charge in [-0.3, -0.25) is 0 Å². The molecular weight excluding hydrogens is 228 g/mol. The van der Waals surface area contributed by atoms with Crippen molar-refractivity contribution in [1.82, 2.24) is 0 Å². The Bertz CT molecular complexity index is 503. The topological polar surface area (TPSA) is 65.2 Å². The summed E-state index contributed by atoms with van der Waals surface area (Å²) in [6, 6.07) is 14.5. The van der Waals surface area contributed by atoms with Gasteiger partial charge in [-0.15, -0.1) is 0 Å². The molecule has 0 atom stereocenters. The van der Waals surface area contributed by atoms with Gasteiger partial charge in [0.1, 0.15) is 0 Å². The van der Waals surface area contributed by atoms with Crippen molar-refractivity contribution >= 4 is 11.4 Å². The second kappa shape index (κ2) is 6.05. The molecule has 0 aliphatic heterocycles. The van der Waals surface area contributed by atoms with Gasteiger partial charge in [0.25, 0.3) is 0 Å². The van der Waals surface area contributed by atoms with Crippen LogP contribution in [0.3, 0.4) is 0 Å². The minimum Gasteiger partial charge on any atom is -0.392 e. The van der Waals surface area contributed by atoms with Crippen LogP contribution in [0.2, 0.25) is 0 Å². The predicted molar refractivity (Wildman–Crippen MR) is 68.9 cm³/mol. The van der Waals surface area contributed by atoms with Gasteiger partial charge < -0.3 is 10.2 Å². The molecule has 4 nitrogen and oxygen atoms in total. The summed E-state index contributed by atoms with van der Waals surface area (Å²) in [5.74, 6) is 0.